The molecule has 0 fully saturated rings. The molecule has 0 unspecified atom stereocenters. The Morgan fingerprint density at radius 1 is 1.12 bits per heavy atom. The van der Waals surface area contributed by atoms with Crippen molar-refractivity contribution in [1.29, 1.82) is 0 Å². The SMILES string of the molecule is CCc1c(C)nc(CCN(CC)CC)nc1N. The number of nitrogens with two attached hydrogens (primary N) is 1. The molecule has 0 bridgehead atoms. The quantitative estimate of drug-likeness (QED) is 0.818. The van der Waals surface area contributed by atoms with E-state index in [-0.39, 0.29) is 0 Å². The number of aromatic nitrogens is 2. The lowest BCUT2D eigenvalue weighted by molar-refractivity contribution is 0.305. The molecule has 0 radical (unpaired) electrons. The summed E-state index contributed by atoms with van der Waals surface area (Å²) in [5.74, 6) is 1.51. The van der Waals surface area contributed by atoms with Crippen LogP contribution in [0, 0.1) is 6.92 Å². The Hall–Kier alpha value is -1.16. The fraction of sp³-hybridized carbons (Fsp3) is 0.692. The summed E-state index contributed by atoms with van der Waals surface area (Å²) < 4.78 is 0. The van der Waals surface area contributed by atoms with Gasteiger partial charge in [-0.25, -0.2) is 9.97 Å². The third-order valence-electron chi connectivity index (χ3n) is 3.19. The molecule has 0 aromatic carbocycles. The third kappa shape index (κ3) is 3.66. The van der Waals surface area contributed by atoms with Gasteiger partial charge in [-0.3, -0.25) is 0 Å². The van der Waals surface area contributed by atoms with Crippen LogP contribution in [0.5, 0.6) is 0 Å². The second-order valence-corrected chi connectivity index (χ2v) is 4.22. The van der Waals surface area contributed by atoms with Crippen molar-refractivity contribution in [3.8, 4) is 0 Å². The van der Waals surface area contributed by atoms with Crippen molar-refractivity contribution in [2.75, 3.05) is 25.4 Å². The van der Waals surface area contributed by atoms with Crippen molar-refractivity contribution in [2.45, 2.75) is 40.5 Å². The molecule has 0 spiro atoms. The second kappa shape index (κ2) is 6.55. The minimum absolute atomic E-state index is 0.648. The number of likely N-dealkylation sites (N-methyl/N-ethyl adjacent to an activating group) is 1. The average Bonchev–Trinajstić information content (AvgIpc) is 2.30. The van der Waals surface area contributed by atoms with Crippen LogP contribution in [0.25, 0.3) is 0 Å². The third-order valence-corrected chi connectivity index (χ3v) is 3.19. The van der Waals surface area contributed by atoms with E-state index in [0.717, 1.165) is 49.6 Å². The minimum Gasteiger partial charge on any atom is -0.383 e. The Labute approximate surface area is 104 Å². The van der Waals surface area contributed by atoms with E-state index in [1.165, 1.54) is 0 Å². The number of anilines is 1. The summed E-state index contributed by atoms with van der Waals surface area (Å²) in [7, 11) is 0. The fourth-order valence-corrected chi connectivity index (χ4v) is 2.02. The van der Waals surface area contributed by atoms with Crippen molar-refractivity contribution in [2.24, 2.45) is 0 Å². The summed E-state index contributed by atoms with van der Waals surface area (Å²) in [4.78, 5) is 11.3. The summed E-state index contributed by atoms with van der Waals surface area (Å²) in [5, 5.41) is 0. The van der Waals surface area contributed by atoms with E-state index in [2.05, 4.69) is 35.6 Å². The van der Waals surface area contributed by atoms with Gasteiger partial charge in [-0.1, -0.05) is 20.8 Å². The molecule has 1 rings (SSSR count). The summed E-state index contributed by atoms with van der Waals surface area (Å²) >= 11 is 0. The summed E-state index contributed by atoms with van der Waals surface area (Å²) in [6, 6.07) is 0. The normalized spacial score (nSPS) is 11.1. The lowest BCUT2D eigenvalue weighted by Gasteiger charge is -2.17. The van der Waals surface area contributed by atoms with Crippen molar-refractivity contribution in [1.82, 2.24) is 14.9 Å². The van der Waals surface area contributed by atoms with Crippen LogP contribution in [0.3, 0.4) is 0 Å². The first-order chi connectivity index (χ1) is 8.12. The summed E-state index contributed by atoms with van der Waals surface area (Å²) in [6.07, 6.45) is 1.77. The lowest BCUT2D eigenvalue weighted by atomic mass is 10.1. The molecule has 0 saturated carbocycles. The van der Waals surface area contributed by atoms with Gasteiger partial charge in [0, 0.05) is 24.2 Å². The maximum atomic E-state index is 5.94. The standard InChI is InChI=1S/C13H24N4/c1-5-11-10(4)15-12(16-13(11)14)8-9-17(6-2)7-3/h5-9H2,1-4H3,(H2,14,15,16). The zero-order valence-corrected chi connectivity index (χ0v) is 11.5. The van der Waals surface area contributed by atoms with Crippen molar-refractivity contribution < 1.29 is 0 Å². The van der Waals surface area contributed by atoms with Gasteiger partial charge in [0.1, 0.15) is 11.6 Å². The number of hydrogen-bond acceptors (Lipinski definition) is 4. The van der Waals surface area contributed by atoms with Gasteiger partial charge in [0.05, 0.1) is 0 Å². The van der Waals surface area contributed by atoms with Crippen molar-refractivity contribution >= 4 is 5.82 Å². The highest BCUT2D eigenvalue weighted by molar-refractivity contribution is 5.41. The van der Waals surface area contributed by atoms with Gasteiger partial charge in [0.25, 0.3) is 0 Å². The van der Waals surface area contributed by atoms with Crippen LogP contribution in [0.2, 0.25) is 0 Å². The highest BCUT2D eigenvalue weighted by Crippen LogP contribution is 2.13. The van der Waals surface area contributed by atoms with E-state index in [1.807, 2.05) is 6.92 Å². The van der Waals surface area contributed by atoms with Gasteiger partial charge in [0.15, 0.2) is 0 Å². The predicted octanol–water partition coefficient (Wildman–Crippen LogP) is 1.81. The van der Waals surface area contributed by atoms with Crippen molar-refractivity contribution in [3.63, 3.8) is 0 Å². The molecule has 0 saturated heterocycles. The molecule has 0 amide bonds. The number of nitrogen functional groups attached to an aromatic ring is 1. The fourth-order valence-electron chi connectivity index (χ4n) is 2.02. The first-order valence-corrected chi connectivity index (χ1v) is 6.46. The van der Waals surface area contributed by atoms with Gasteiger partial charge in [-0.05, 0) is 26.4 Å². The Bertz CT molecular complexity index is 335. The van der Waals surface area contributed by atoms with Crippen LogP contribution in [0.15, 0.2) is 0 Å². The number of rotatable bonds is 6. The molecule has 1 aromatic heterocycles. The highest BCUT2D eigenvalue weighted by Gasteiger charge is 2.08. The van der Waals surface area contributed by atoms with Crippen molar-refractivity contribution in [3.05, 3.63) is 17.1 Å². The van der Waals surface area contributed by atoms with E-state index in [4.69, 9.17) is 5.73 Å². The topological polar surface area (TPSA) is 55.0 Å². The number of aryl methyl sites for hydroxylation is 1. The predicted molar refractivity (Wildman–Crippen MR) is 72.1 cm³/mol. The maximum Gasteiger partial charge on any atom is 0.132 e. The number of nitrogens with zero attached hydrogens (tertiary/aromatic N) is 3. The van der Waals surface area contributed by atoms with Crippen LogP contribution in [0.1, 0.15) is 37.9 Å². The Balaban J connectivity index is 2.73. The number of hydrogen-bond donors (Lipinski definition) is 1. The van der Waals surface area contributed by atoms with Gasteiger partial charge in [0.2, 0.25) is 0 Å². The van der Waals surface area contributed by atoms with Gasteiger partial charge >= 0.3 is 0 Å². The molecule has 4 nitrogen and oxygen atoms in total. The summed E-state index contributed by atoms with van der Waals surface area (Å²) in [5.41, 5.74) is 8.04. The zero-order valence-electron chi connectivity index (χ0n) is 11.5. The highest BCUT2D eigenvalue weighted by atomic mass is 15.1. The first kappa shape index (κ1) is 13.9. The molecule has 0 atom stereocenters. The molecule has 0 aliphatic carbocycles. The van der Waals surface area contributed by atoms with Gasteiger partial charge in [-0.2, -0.15) is 0 Å². The molecule has 1 heterocycles. The first-order valence-electron chi connectivity index (χ1n) is 6.46. The Morgan fingerprint density at radius 3 is 2.24 bits per heavy atom. The van der Waals surface area contributed by atoms with E-state index in [0.29, 0.717) is 5.82 Å². The smallest absolute Gasteiger partial charge is 0.132 e. The molecule has 0 aliphatic rings. The molecule has 96 valence electrons. The van der Waals surface area contributed by atoms with Crippen LogP contribution in [-0.4, -0.2) is 34.5 Å². The minimum atomic E-state index is 0.648. The second-order valence-electron chi connectivity index (χ2n) is 4.22. The molecular weight excluding hydrogens is 212 g/mol. The van der Waals surface area contributed by atoms with E-state index in [1.54, 1.807) is 0 Å². The largest absolute Gasteiger partial charge is 0.383 e. The molecule has 0 aliphatic heterocycles. The van der Waals surface area contributed by atoms with Crippen LogP contribution in [-0.2, 0) is 12.8 Å². The molecule has 4 heteroatoms. The summed E-state index contributed by atoms with van der Waals surface area (Å²) in [6.45, 7) is 11.6. The van der Waals surface area contributed by atoms with E-state index in [9.17, 15) is 0 Å². The Morgan fingerprint density at radius 2 is 1.76 bits per heavy atom. The lowest BCUT2D eigenvalue weighted by Crippen LogP contribution is -2.26. The monoisotopic (exact) mass is 236 g/mol. The molecule has 17 heavy (non-hydrogen) atoms. The molecule has 1 aromatic rings. The maximum absolute atomic E-state index is 5.94. The average molecular weight is 236 g/mol. The van der Waals surface area contributed by atoms with Crippen LogP contribution >= 0.6 is 0 Å². The van der Waals surface area contributed by atoms with E-state index >= 15 is 0 Å². The van der Waals surface area contributed by atoms with Crippen LogP contribution < -0.4 is 5.73 Å². The molecule has 2 N–H and O–H groups in total. The van der Waals surface area contributed by atoms with Gasteiger partial charge < -0.3 is 10.6 Å². The Kier molecular flexibility index (Phi) is 5.35. The van der Waals surface area contributed by atoms with E-state index < -0.39 is 0 Å². The zero-order chi connectivity index (χ0) is 12.8. The van der Waals surface area contributed by atoms with Crippen LogP contribution in [0.4, 0.5) is 5.82 Å². The molecular formula is C13H24N4. The van der Waals surface area contributed by atoms with Gasteiger partial charge in [-0.15, -0.1) is 0 Å².